The molecule has 2 aromatic rings. The third-order valence-electron chi connectivity index (χ3n) is 1.38. The fourth-order valence-corrected chi connectivity index (χ4v) is 0.926. The van der Waals surface area contributed by atoms with Gasteiger partial charge in [-0.3, -0.25) is 0 Å². The summed E-state index contributed by atoms with van der Waals surface area (Å²) in [6.07, 6.45) is 1.82. The van der Waals surface area contributed by atoms with Crippen LogP contribution in [0.1, 0.15) is 0 Å². The zero-order valence-corrected chi connectivity index (χ0v) is 8.56. The average Bonchev–Trinajstić information content (AvgIpc) is 2.33. The molecular formula is C8H6NZn-. The Hall–Kier alpha value is -0.617. The summed E-state index contributed by atoms with van der Waals surface area (Å²) in [6.45, 7) is 0. The van der Waals surface area contributed by atoms with Gasteiger partial charge in [0, 0.05) is 19.5 Å². The summed E-state index contributed by atoms with van der Waals surface area (Å²) < 4.78 is 0. The number of benzene rings is 1. The van der Waals surface area contributed by atoms with E-state index < -0.39 is 0 Å². The van der Waals surface area contributed by atoms with Crippen molar-refractivity contribution in [3.05, 3.63) is 36.5 Å². The fourth-order valence-electron chi connectivity index (χ4n) is 0.926. The van der Waals surface area contributed by atoms with Crippen molar-refractivity contribution in [3.63, 3.8) is 0 Å². The number of hydrogen-bond acceptors (Lipinski definition) is 0. The van der Waals surface area contributed by atoms with Crippen molar-refractivity contribution < 1.29 is 19.5 Å². The van der Waals surface area contributed by atoms with E-state index in [1.54, 1.807) is 0 Å². The number of fused-ring (bicyclic) bond motifs is 1. The average molecular weight is 182 g/mol. The molecule has 1 aromatic heterocycles. The van der Waals surface area contributed by atoms with E-state index in [-0.39, 0.29) is 19.5 Å². The second-order valence-corrected chi connectivity index (χ2v) is 1.98. The van der Waals surface area contributed by atoms with Gasteiger partial charge in [-0.05, 0) is 0 Å². The number of hydrogen-bond donors (Lipinski definition) is 1. The minimum absolute atomic E-state index is 0. The van der Waals surface area contributed by atoms with Crippen molar-refractivity contribution in [1.29, 1.82) is 0 Å². The topological polar surface area (TPSA) is 15.8 Å². The number of H-pyrrole nitrogens is 1. The van der Waals surface area contributed by atoms with Crippen LogP contribution in [0.15, 0.2) is 30.5 Å². The molecule has 0 saturated heterocycles. The van der Waals surface area contributed by atoms with Crippen LogP contribution in [0.25, 0.3) is 10.9 Å². The summed E-state index contributed by atoms with van der Waals surface area (Å²) in [4.78, 5) is 3.06. The van der Waals surface area contributed by atoms with Crippen molar-refractivity contribution in [2.75, 3.05) is 0 Å². The molecule has 1 N–H and O–H groups in total. The summed E-state index contributed by atoms with van der Waals surface area (Å²) in [5, 5.41) is 1.15. The van der Waals surface area contributed by atoms with Gasteiger partial charge in [0.25, 0.3) is 0 Å². The maximum atomic E-state index is 3.06. The van der Waals surface area contributed by atoms with Gasteiger partial charge in [0.05, 0.1) is 0 Å². The van der Waals surface area contributed by atoms with Crippen LogP contribution in [0.4, 0.5) is 0 Å². The molecule has 0 unspecified atom stereocenters. The Balaban J connectivity index is 0.000000500. The van der Waals surface area contributed by atoms with Crippen LogP contribution in [0, 0.1) is 6.07 Å². The van der Waals surface area contributed by atoms with E-state index >= 15 is 0 Å². The van der Waals surface area contributed by atoms with Gasteiger partial charge in [0.15, 0.2) is 0 Å². The molecule has 0 spiro atoms. The molecular weight excluding hydrogens is 175 g/mol. The molecule has 0 amide bonds. The monoisotopic (exact) mass is 180 g/mol. The molecule has 1 heterocycles. The van der Waals surface area contributed by atoms with Crippen molar-refractivity contribution in [2.24, 2.45) is 0 Å². The molecule has 2 heteroatoms. The molecule has 0 aliphatic heterocycles. The molecule has 1 nitrogen and oxygen atoms in total. The summed E-state index contributed by atoms with van der Waals surface area (Å²) in [7, 11) is 0. The molecule has 1 aromatic carbocycles. The van der Waals surface area contributed by atoms with Gasteiger partial charge in [0.2, 0.25) is 0 Å². The maximum Gasteiger partial charge on any atom is 0 e. The molecule has 0 aliphatic carbocycles. The van der Waals surface area contributed by atoms with Crippen LogP contribution >= 0.6 is 0 Å². The third kappa shape index (κ3) is 1.12. The van der Waals surface area contributed by atoms with Crippen molar-refractivity contribution >= 4 is 10.9 Å². The van der Waals surface area contributed by atoms with Crippen LogP contribution in [0.2, 0.25) is 0 Å². The van der Waals surface area contributed by atoms with Crippen LogP contribution in [0.3, 0.4) is 0 Å². The van der Waals surface area contributed by atoms with E-state index in [2.05, 4.69) is 11.1 Å². The van der Waals surface area contributed by atoms with Crippen LogP contribution < -0.4 is 0 Å². The Labute approximate surface area is 72.2 Å². The van der Waals surface area contributed by atoms with Crippen molar-refractivity contribution in [2.45, 2.75) is 0 Å². The van der Waals surface area contributed by atoms with E-state index in [0.29, 0.717) is 0 Å². The zero-order chi connectivity index (χ0) is 6.10. The molecule has 46 valence electrons. The number of rotatable bonds is 0. The van der Waals surface area contributed by atoms with E-state index in [9.17, 15) is 0 Å². The Kier molecular flexibility index (Phi) is 2.23. The van der Waals surface area contributed by atoms with Crippen molar-refractivity contribution in [3.8, 4) is 0 Å². The Morgan fingerprint density at radius 1 is 1.20 bits per heavy atom. The zero-order valence-electron chi connectivity index (χ0n) is 5.59. The SMILES string of the molecule is [Zn].[c-]1c[nH]c2ccccc12. The fraction of sp³-hybridized carbons (Fsp3) is 0. The van der Waals surface area contributed by atoms with Crippen LogP contribution in [-0.2, 0) is 19.5 Å². The molecule has 2 rings (SSSR count). The van der Waals surface area contributed by atoms with Crippen molar-refractivity contribution in [1.82, 2.24) is 4.98 Å². The summed E-state index contributed by atoms with van der Waals surface area (Å²) in [5.41, 5.74) is 1.15. The van der Waals surface area contributed by atoms with E-state index in [1.165, 1.54) is 0 Å². The maximum absolute atomic E-state index is 3.06. The first-order chi connectivity index (χ1) is 4.47. The Morgan fingerprint density at radius 2 is 2.00 bits per heavy atom. The molecule has 0 fully saturated rings. The second-order valence-electron chi connectivity index (χ2n) is 1.98. The molecule has 0 saturated carbocycles. The predicted octanol–water partition coefficient (Wildman–Crippen LogP) is 1.97. The van der Waals surface area contributed by atoms with Gasteiger partial charge < -0.3 is 4.98 Å². The quantitative estimate of drug-likeness (QED) is 0.473. The molecule has 0 aliphatic rings. The molecule has 0 atom stereocenters. The van der Waals surface area contributed by atoms with E-state index in [1.807, 2.05) is 30.5 Å². The summed E-state index contributed by atoms with van der Waals surface area (Å²) in [6, 6.07) is 11.1. The largest absolute Gasteiger partial charge is 0.424 e. The number of para-hydroxylation sites is 1. The van der Waals surface area contributed by atoms with Gasteiger partial charge in [-0.1, -0.05) is 23.8 Å². The van der Waals surface area contributed by atoms with Gasteiger partial charge >= 0.3 is 0 Å². The molecule has 0 radical (unpaired) electrons. The summed E-state index contributed by atoms with van der Waals surface area (Å²) >= 11 is 0. The van der Waals surface area contributed by atoms with Gasteiger partial charge in [-0.25, -0.2) is 0 Å². The van der Waals surface area contributed by atoms with E-state index in [0.717, 1.165) is 10.9 Å². The van der Waals surface area contributed by atoms with Gasteiger partial charge in [-0.2, -0.15) is 17.5 Å². The van der Waals surface area contributed by atoms with Gasteiger partial charge in [0.1, 0.15) is 0 Å². The first-order valence-electron chi connectivity index (χ1n) is 2.90. The predicted molar refractivity (Wildman–Crippen MR) is 37.1 cm³/mol. The second kappa shape index (κ2) is 2.98. The number of nitrogens with one attached hydrogen (secondary N) is 1. The number of aromatic amines is 1. The van der Waals surface area contributed by atoms with E-state index in [4.69, 9.17) is 0 Å². The third-order valence-corrected chi connectivity index (χ3v) is 1.38. The normalized spacial score (nSPS) is 9.20. The minimum Gasteiger partial charge on any atom is -0.424 e. The molecule has 0 bridgehead atoms. The number of aromatic nitrogens is 1. The first kappa shape index (κ1) is 7.49. The standard InChI is InChI=1S/C8H6N.Zn/c1-2-4-8-7(3-1)5-6-9-8;/h1-4,6,9H;/q-1;. The smallest absolute Gasteiger partial charge is 0 e. The Morgan fingerprint density at radius 3 is 2.80 bits per heavy atom. The minimum atomic E-state index is 0. The Bertz CT molecular complexity index is 283. The molecule has 10 heavy (non-hydrogen) atoms. The summed E-state index contributed by atoms with van der Waals surface area (Å²) in [5.74, 6) is 0. The van der Waals surface area contributed by atoms with Crippen LogP contribution in [0.5, 0.6) is 0 Å². The first-order valence-corrected chi connectivity index (χ1v) is 2.90. The van der Waals surface area contributed by atoms with Crippen LogP contribution in [-0.4, -0.2) is 4.98 Å². The van der Waals surface area contributed by atoms with Gasteiger partial charge in [-0.15, -0.1) is 6.07 Å².